The van der Waals surface area contributed by atoms with E-state index in [1.165, 1.54) is 4.57 Å². The second-order valence-corrected chi connectivity index (χ2v) is 5.68. The molecule has 0 atom stereocenters. The highest BCUT2D eigenvalue weighted by molar-refractivity contribution is 9.10. The predicted molar refractivity (Wildman–Crippen MR) is 89.0 cm³/mol. The molecule has 0 aliphatic heterocycles. The van der Waals surface area contributed by atoms with Crippen LogP contribution in [0.15, 0.2) is 51.7 Å². The second-order valence-electron chi connectivity index (χ2n) is 4.44. The van der Waals surface area contributed by atoms with E-state index < -0.39 is 0 Å². The van der Waals surface area contributed by atoms with Crippen LogP contribution in [0.3, 0.4) is 0 Å². The Bertz CT molecular complexity index is 932. The first-order chi connectivity index (χ1) is 10.1. The van der Waals surface area contributed by atoms with Crippen molar-refractivity contribution in [2.75, 3.05) is 7.11 Å². The number of rotatable bonds is 2. The summed E-state index contributed by atoms with van der Waals surface area (Å²) in [6, 6.07) is 12.8. The molecule has 1 N–H and O–H groups in total. The van der Waals surface area contributed by atoms with Crippen molar-refractivity contribution in [1.82, 2.24) is 9.55 Å². The summed E-state index contributed by atoms with van der Waals surface area (Å²) in [5.41, 5.74) is 1.23. The molecule has 2 aromatic carbocycles. The molecule has 0 fully saturated rings. The molecule has 0 radical (unpaired) electrons. The summed E-state index contributed by atoms with van der Waals surface area (Å²) < 4.78 is 7.85. The van der Waals surface area contributed by atoms with Crippen molar-refractivity contribution in [3.05, 3.63) is 62.1 Å². The van der Waals surface area contributed by atoms with Crippen LogP contribution in [0.2, 0.25) is 0 Å². The van der Waals surface area contributed by atoms with E-state index in [0.717, 1.165) is 10.2 Å². The van der Waals surface area contributed by atoms with E-state index in [1.807, 2.05) is 30.3 Å². The second kappa shape index (κ2) is 5.46. The molecule has 0 bridgehead atoms. The SMILES string of the molecule is COc1cc2c(=O)n(-c3ccccc3)c(=S)[nH]c2cc1Br. The van der Waals surface area contributed by atoms with Gasteiger partial charge in [-0.3, -0.25) is 9.36 Å². The van der Waals surface area contributed by atoms with Crippen molar-refractivity contribution in [1.29, 1.82) is 0 Å². The van der Waals surface area contributed by atoms with Crippen molar-refractivity contribution in [3.63, 3.8) is 0 Å². The molecule has 3 rings (SSSR count). The molecule has 21 heavy (non-hydrogen) atoms. The summed E-state index contributed by atoms with van der Waals surface area (Å²) >= 11 is 8.72. The maximum absolute atomic E-state index is 12.7. The summed E-state index contributed by atoms with van der Waals surface area (Å²) in [4.78, 5) is 15.8. The molecule has 4 nitrogen and oxygen atoms in total. The number of aromatic nitrogens is 2. The summed E-state index contributed by atoms with van der Waals surface area (Å²) in [6.07, 6.45) is 0. The van der Waals surface area contributed by atoms with Crippen LogP contribution in [0, 0.1) is 4.77 Å². The fraction of sp³-hybridized carbons (Fsp3) is 0.0667. The Hall–Kier alpha value is -1.92. The number of hydrogen-bond acceptors (Lipinski definition) is 3. The fourth-order valence-electron chi connectivity index (χ4n) is 2.19. The number of halogens is 1. The van der Waals surface area contributed by atoms with Gasteiger partial charge < -0.3 is 9.72 Å². The number of para-hydroxylation sites is 1. The Morgan fingerprint density at radius 3 is 2.62 bits per heavy atom. The smallest absolute Gasteiger partial charge is 0.266 e. The van der Waals surface area contributed by atoms with Crippen LogP contribution < -0.4 is 10.3 Å². The molecular weight excluding hydrogens is 352 g/mol. The Morgan fingerprint density at radius 1 is 1.24 bits per heavy atom. The van der Waals surface area contributed by atoms with Gasteiger partial charge >= 0.3 is 0 Å². The number of H-pyrrole nitrogens is 1. The average molecular weight is 363 g/mol. The summed E-state index contributed by atoms with van der Waals surface area (Å²) in [7, 11) is 1.56. The minimum absolute atomic E-state index is 0.175. The van der Waals surface area contributed by atoms with Gasteiger partial charge in [-0.2, -0.15) is 0 Å². The number of aromatic amines is 1. The maximum Gasteiger partial charge on any atom is 0.266 e. The van der Waals surface area contributed by atoms with Gasteiger partial charge in [-0.25, -0.2) is 0 Å². The molecule has 0 saturated heterocycles. The molecule has 106 valence electrons. The number of methoxy groups -OCH3 is 1. The highest BCUT2D eigenvalue weighted by Gasteiger charge is 2.10. The molecule has 0 amide bonds. The number of hydrogen-bond donors (Lipinski definition) is 1. The minimum Gasteiger partial charge on any atom is -0.496 e. The molecule has 1 aromatic heterocycles. The van der Waals surface area contributed by atoms with Crippen molar-refractivity contribution in [2.45, 2.75) is 0 Å². The zero-order chi connectivity index (χ0) is 15.0. The molecule has 0 aliphatic carbocycles. The molecule has 3 aromatic rings. The average Bonchev–Trinajstić information content (AvgIpc) is 2.48. The molecular formula is C15H11BrN2O2S. The van der Waals surface area contributed by atoms with Crippen LogP contribution in [0.4, 0.5) is 0 Å². The van der Waals surface area contributed by atoms with Crippen LogP contribution in [-0.4, -0.2) is 16.7 Å². The molecule has 0 aliphatic rings. The van der Waals surface area contributed by atoms with Gasteiger partial charge in [0.25, 0.3) is 5.56 Å². The number of benzene rings is 2. The lowest BCUT2D eigenvalue weighted by Crippen LogP contribution is -2.20. The van der Waals surface area contributed by atoms with E-state index in [-0.39, 0.29) is 5.56 Å². The first-order valence-electron chi connectivity index (χ1n) is 6.20. The predicted octanol–water partition coefficient (Wildman–Crippen LogP) is 3.82. The van der Waals surface area contributed by atoms with Crippen molar-refractivity contribution >= 4 is 39.1 Å². The van der Waals surface area contributed by atoms with Crippen molar-refractivity contribution < 1.29 is 4.74 Å². The number of nitrogens with zero attached hydrogens (tertiary/aromatic N) is 1. The minimum atomic E-state index is -0.175. The fourth-order valence-corrected chi connectivity index (χ4v) is 2.99. The summed E-state index contributed by atoms with van der Waals surface area (Å²) in [6.45, 7) is 0. The zero-order valence-electron chi connectivity index (χ0n) is 11.1. The Kier molecular flexibility index (Phi) is 3.65. The molecule has 0 saturated carbocycles. The van der Waals surface area contributed by atoms with Crippen LogP contribution in [-0.2, 0) is 0 Å². The summed E-state index contributed by atoms with van der Waals surface area (Å²) in [5, 5.41) is 0.521. The third-order valence-corrected chi connectivity index (χ3v) is 4.09. The highest BCUT2D eigenvalue weighted by atomic mass is 79.9. The maximum atomic E-state index is 12.7. The van der Waals surface area contributed by atoms with E-state index in [1.54, 1.807) is 19.2 Å². The van der Waals surface area contributed by atoms with E-state index in [0.29, 0.717) is 21.4 Å². The molecule has 6 heteroatoms. The van der Waals surface area contributed by atoms with E-state index in [4.69, 9.17) is 17.0 Å². The Morgan fingerprint density at radius 2 is 1.95 bits per heavy atom. The third-order valence-electron chi connectivity index (χ3n) is 3.18. The van der Waals surface area contributed by atoms with Gasteiger partial charge in [-0.05, 0) is 52.4 Å². The third kappa shape index (κ3) is 2.41. The Balaban J connectivity index is 2.41. The van der Waals surface area contributed by atoms with Gasteiger partial charge in [0, 0.05) is 0 Å². The lowest BCUT2D eigenvalue weighted by molar-refractivity contribution is 0.412. The Labute approximate surface area is 134 Å². The van der Waals surface area contributed by atoms with E-state index >= 15 is 0 Å². The normalized spacial score (nSPS) is 10.8. The number of nitrogens with one attached hydrogen (secondary N) is 1. The van der Waals surface area contributed by atoms with Crippen LogP contribution in [0.25, 0.3) is 16.6 Å². The quantitative estimate of drug-likeness (QED) is 0.705. The van der Waals surface area contributed by atoms with Crippen LogP contribution in [0.1, 0.15) is 0 Å². The van der Waals surface area contributed by atoms with Crippen molar-refractivity contribution in [3.8, 4) is 11.4 Å². The van der Waals surface area contributed by atoms with Crippen LogP contribution >= 0.6 is 28.1 Å². The lowest BCUT2D eigenvalue weighted by atomic mass is 10.2. The highest BCUT2D eigenvalue weighted by Crippen LogP contribution is 2.28. The van der Waals surface area contributed by atoms with Gasteiger partial charge in [-0.15, -0.1) is 0 Å². The molecule has 0 spiro atoms. The molecule has 1 heterocycles. The first-order valence-corrected chi connectivity index (χ1v) is 7.40. The standard InChI is InChI=1S/C15H11BrN2O2S/c1-20-13-7-10-12(8-11(13)16)17-15(21)18(14(10)19)9-5-3-2-4-6-9/h2-8H,1H3,(H,17,21). The monoisotopic (exact) mass is 362 g/mol. The van der Waals surface area contributed by atoms with Gasteiger partial charge in [0.1, 0.15) is 5.75 Å². The largest absolute Gasteiger partial charge is 0.496 e. The lowest BCUT2D eigenvalue weighted by Gasteiger charge is -2.10. The first kappa shape index (κ1) is 14.0. The van der Waals surface area contributed by atoms with Crippen molar-refractivity contribution in [2.24, 2.45) is 0 Å². The van der Waals surface area contributed by atoms with Gasteiger partial charge in [0.2, 0.25) is 0 Å². The van der Waals surface area contributed by atoms with Gasteiger partial charge in [0.15, 0.2) is 4.77 Å². The summed E-state index contributed by atoms with van der Waals surface area (Å²) in [5.74, 6) is 0.602. The van der Waals surface area contributed by atoms with E-state index in [2.05, 4.69) is 20.9 Å². The van der Waals surface area contributed by atoms with E-state index in [9.17, 15) is 4.79 Å². The van der Waals surface area contributed by atoms with Crippen LogP contribution in [0.5, 0.6) is 5.75 Å². The van der Waals surface area contributed by atoms with Gasteiger partial charge in [0.05, 0.1) is 28.2 Å². The number of ether oxygens (including phenoxy) is 1. The topological polar surface area (TPSA) is 47.0 Å². The zero-order valence-corrected chi connectivity index (χ0v) is 13.5. The molecule has 0 unspecified atom stereocenters. The van der Waals surface area contributed by atoms with Gasteiger partial charge in [-0.1, -0.05) is 18.2 Å². The number of fused-ring (bicyclic) bond motifs is 1.